The van der Waals surface area contributed by atoms with Crippen molar-refractivity contribution in [1.82, 2.24) is 4.98 Å². The summed E-state index contributed by atoms with van der Waals surface area (Å²) in [6.07, 6.45) is -4.66. The van der Waals surface area contributed by atoms with Gasteiger partial charge < -0.3 is 0 Å². The van der Waals surface area contributed by atoms with Crippen LogP contribution in [0.15, 0.2) is 12.1 Å². The van der Waals surface area contributed by atoms with Crippen molar-refractivity contribution < 1.29 is 18.1 Å². The smallest absolute Gasteiger partial charge is 0.258 e. The summed E-state index contributed by atoms with van der Waals surface area (Å²) in [5.74, 6) is 0. The average Bonchev–Trinajstić information content (AvgIpc) is 2.01. The number of aromatic nitrogens is 1. The lowest BCUT2D eigenvalue weighted by Gasteiger charge is -2.05. The van der Waals surface area contributed by atoms with Gasteiger partial charge in [-0.15, -0.1) is 0 Å². The summed E-state index contributed by atoms with van der Waals surface area (Å²) in [5, 5.41) is 10.2. The second-order valence-corrected chi connectivity index (χ2v) is 3.39. The van der Waals surface area contributed by atoms with E-state index in [2.05, 4.69) is 4.98 Å². The molecule has 0 aliphatic carbocycles. The summed E-state index contributed by atoms with van der Waals surface area (Å²) in [7, 11) is 0. The Balaban J connectivity index is 3.28. The largest absolute Gasteiger partial charge is 0.433 e. The van der Waals surface area contributed by atoms with Crippen molar-refractivity contribution >= 4 is 28.3 Å². The normalized spacial score (nSPS) is 11.4. The van der Waals surface area contributed by atoms with E-state index in [0.717, 1.165) is 6.07 Å². The van der Waals surface area contributed by atoms with Crippen LogP contribution in [0.2, 0.25) is 0 Å². The van der Waals surface area contributed by atoms with Crippen LogP contribution in [0.1, 0.15) is 5.69 Å². The molecule has 4 nitrogen and oxygen atoms in total. The molecule has 0 N–H and O–H groups in total. The third-order valence-corrected chi connectivity index (χ3v) is 1.83. The molecule has 0 amide bonds. The topological polar surface area (TPSA) is 56.0 Å². The Kier molecular flexibility index (Phi) is 2.92. The first kappa shape index (κ1) is 11.1. The Bertz CT molecular complexity index is 380. The van der Waals surface area contributed by atoms with Crippen molar-refractivity contribution in [1.29, 1.82) is 0 Å². The molecule has 0 aliphatic rings. The Morgan fingerprint density at radius 1 is 1.43 bits per heavy atom. The van der Waals surface area contributed by atoms with Crippen LogP contribution < -0.4 is 0 Å². The molecule has 0 bridgehead atoms. The number of hydrogen-bond acceptors (Lipinski definition) is 3. The molecule has 76 valence electrons. The minimum atomic E-state index is -4.66. The molecule has 1 aromatic rings. The first-order valence-corrected chi connectivity index (χ1v) is 4.28. The second-order valence-electron chi connectivity index (χ2n) is 2.29. The quantitative estimate of drug-likeness (QED) is 0.346. The molecule has 0 aliphatic heterocycles. The van der Waals surface area contributed by atoms with Gasteiger partial charge in [0.25, 0.3) is 5.69 Å². The molecule has 0 atom stereocenters. The van der Waals surface area contributed by atoms with Crippen molar-refractivity contribution in [3.05, 3.63) is 31.6 Å². The van der Waals surface area contributed by atoms with E-state index in [9.17, 15) is 23.3 Å². The molecule has 14 heavy (non-hydrogen) atoms. The van der Waals surface area contributed by atoms with Crippen molar-refractivity contribution in [3.8, 4) is 0 Å². The number of nitro groups is 1. The minimum absolute atomic E-state index is 0.0656. The molecule has 1 rings (SSSR count). The summed E-state index contributed by atoms with van der Waals surface area (Å²) in [5.41, 5.74) is -1.87. The first-order chi connectivity index (χ1) is 6.30. The Labute approximate surface area is 89.4 Å². The maximum atomic E-state index is 12.1. The summed E-state index contributed by atoms with van der Waals surface area (Å²) >= 11 is 1.49. The zero-order valence-electron chi connectivity index (χ0n) is 6.38. The van der Waals surface area contributed by atoms with Gasteiger partial charge in [0.15, 0.2) is 5.69 Å². The van der Waals surface area contributed by atoms with Gasteiger partial charge in [0.1, 0.15) is 3.70 Å². The van der Waals surface area contributed by atoms with E-state index in [1.165, 1.54) is 22.6 Å². The SMILES string of the molecule is O=[N+]([O-])c1cc(I)nc(C(F)(F)F)c1. The molecule has 0 fully saturated rings. The number of hydrogen-bond donors (Lipinski definition) is 0. The van der Waals surface area contributed by atoms with E-state index in [-0.39, 0.29) is 3.70 Å². The third-order valence-electron chi connectivity index (χ3n) is 1.28. The standard InChI is InChI=1S/C6H2F3IN2O2/c7-6(8,9)4-1-3(12(13)14)2-5(10)11-4/h1-2H. The molecule has 0 spiro atoms. The van der Waals surface area contributed by atoms with Crippen molar-refractivity contribution in [2.75, 3.05) is 0 Å². The van der Waals surface area contributed by atoms with Gasteiger partial charge in [-0.2, -0.15) is 13.2 Å². The average molecular weight is 318 g/mol. The molecule has 1 aromatic heterocycles. The van der Waals surface area contributed by atoms with Crippen LogP contribution in [0.25, 0.3) is 0 Å². The highest BCUT2D eigenvalue weighted by Crippen LogP contribution is 2.30. The third kappa shape index (κ3) is 2.53. The fraction of sp³-hybridized carbons (Fsp3) is 0.167. The number of alkyl halides is 3. The van der Waals surface area contributed by atoms with Crippen LogP contribution in [0, 0.1) is 13.8 Å². The number of nitrogens with zero attached hydrogens (tertiary/aromatic N) is 2. The van der Waals surface area contributed by atoms with E-state index in [1.54, 1.807) is 0 Å². The van der Waals surface area contributed by atoms with Gasteiger partial charge in [-0.3, -0.25) is 10.1 Å². The van der Waals surface area contributed by atoms with Crippen LogP contribution in [-0.4, -0.2) is 9.91 Å². The molecular weight excluding hydrogens is 316 g/mol. The molecule has 8 heteroatoms. The predicted octanol–water partition coefficient (Wildman–Crippen LogP) is 2.61. The summed E-state index contributed by atoms with van der Waals surface area (Å²) in [6.45, 7) is 0. The highest BCUT2D eigenvalue weighted by atomic mass is 127. The molecule has 0 radical (unpaired) electrons. The van der Waals surface area contributed by atoms with Gasteiger partial charge in [-0.25, -0.2) is 4.98 Å². The van der Waals surface area contributed by atoms with E-state index in [1.807, 2.05) is 0 Å². The van der Waals surface area contributed by atoms with Crippen LogP contribution in [0.3, 0.4) is 0 Å². The van der Waals surface area contributed by atoms with Gasteiger partial charge in [-0.1, -0.05) is 0 Å². The molecule has 0 saturated carbocycles. The van der Waals surface area contributed by atoms with E-state index >= 15 is 0 Å². The number of pyridine rings is 1. The van der Waals surface area contributed by atoms with Gasteiger partial charge in [0.05, 0.1) is 4.92 Å². The maximum absolute atomic E-state index is 12.1. The van der Waals surface area contributed by atoms with Crippen molar-refractivity contribution in [3.63, 3.8) is 0 Å². The highest BCUT2D eigenvalue weighted by Gasteiger charge is 2.34. The summed E-state index contributed by atoms with van der Waals surface area (Å²) in [6, 6.07) is 1.37. The molecule has 1 heterocycles. The maximum Gasteiger partial charge on any atom is 0.433 e. The van der Waals surface area contributed by atoms with Crippen LogP contribution in [0.4, 0.5) is 18.9 Å². The highest BCUT2D eigenvalue weighted by molar-refractivity contribution is 14.1. The number of rotatable bonds is 1. The van der Waals surface area contributed by atoms with E-state index in [4.69, 9.17) is 0 Å². The zero-order valence-corrected chi connectivity index (χ0v) is 8.53. The van der Waals surface area contributed by atoms with E-state index < -0.39 is 22.5 Å². The minimum Gasteiger partial charge on any atom is -0.258 e. The van der Waals surface area contributed by atoms with E-state index in [0.29, 0.717) is 6.07 Å². The lowest BCUT2D eigenvalue weighted by Crippen LogP contribution is -2.09. The van der Waals surface area contributed by atoms with Crippen LogP contribution >= 0.6 is 22.6 Å². The second kappa shape index (κ2) is 3.67. The Morgan fingerprint density at radius 2 is 2.00 bits per heavy atom. The molecule has 0 saturated heterocycles. The van der Waals surface area contributed by atoms with Crippen molar-refractivity contribution in [2.45, 2.75) is 6.18 Å². The molecule has 0 unspecified atom stereocenters. The molecular formula is C6H2F3IN2O2. The Morgan fingerprint density at radius 3 is 2.43 bits per heavy atom. The van der Waals surface area contributed by atoms with Gasteiger partial charge in [-0.05, 0) is 22.6 Å². The lowest BCUT2D eigenvalue weighted by atomic mass is 10.3. The summed E-state index contributed by atoms with van der Waals surface area (Å²) < 4.78 is 36.3. The Hall–Kier alpha value is -0.930. The first-order valence-electron chi connectivity index (χ1n) is 3.20. The van der Waals surface area contributed by atoms with Crippen molar-refractivity contribution in [2.24, 2.45) is 0 Å². The monoisotopic (exact) mass is 318 g/mol. The molecule has 0 aromatic carbocycles. The fourth-order valence-corrected chi connectivity index (χ4v) is 1.31. The van der Waals surface area contributed by atoms with Gasteiger partial charge >= 0.3 is 6.18 Å². The zero-order chi connectivity index (χ0) is 10.9. The van der Waals surface area contributed by atoms with Crippen LogP contribution in [0.5, 0.6) is 0 Å². The summed E-state index contributed by atoms with van der Waals surface area (Å²) in [4.78, 5) is 12.5. The number of halogens is 4. The van der Waals surface area contributed by atoms with Gasteiger partial charge in [0.2, 0.25) is 0 Å². The predicted molar refractivity (Wildman–Crippen MR) is 48.6 cm³/mol. The van der Waals surface area contributed by atoms with Crippen LogP contribution in [-0.2, 0) is 6.18 Å². The fourth-order valence-electron chi connectivity index (χ4n) is 0.734. The van der Waals surface area contributed by atoms with Gasteiger partial charge in [0, 0.05) is 12.1 Å². The lowest BCUT2D eigenvalue weighted by molar-refractivity contribution is -0.385.